The summed E-state index contributed by atoms with van der Waals surface area (Å²) in [4.78, 5) is 28.3. The second kappa shape index (κ2) is 6.74. The fourth-order valence-corrected chi connectivity index (χ4v) is 2.58. The Morgan fingerprint density at radius 2 is 1.52 bits per heavy atom. The molecule has 0 spiro atoms. The lowest BCUT2D eigenvalue weighted by molar-refractivity contribution is -0.134. The minimum atomic E-state index is 0.0179. The highest BCUT2D eigenvalue weighted by Gasteiger charge is 2.23. The highest BCUT2D eigenvalue weighted by Crippen LogP contribution is 2.12. The summed E-state index contributed by atoms with van der Waals surface area (Å²) >= 11 is 0. The highest BCUT2D eigenvalue weighted by molar-refractivity contribution is 5.94. The number of aryl methyl sites for hydroxylation is 1. The van der Waals surface area contributed by atoms with Crippen molar-refractivity contribution < 1.29 is 9.59 Å². The molecule has 1 fully saturated rings. The van der Waals surface area contributed by atoms with Gasteiger partial charge >= 0.3 is 0 Å². The third kappa shape index (κ3) is 3.84. The Balaban J connectivity index is 2.01. The van der Waals surface area contributed by atoms with Crippen LogP contribution in [0.3, 0.4) is 0 Å². The van der Waals surface area contributed by atoms with Gasteiger partial charge in [-0.2, -0.15) is 0 Å². The van der Waals surface area contributed by atoms with E-state index in [0.29, 0.717) is 19.6 Å². The number of carbonyl (C=O) groups excluding carboxylic acids is 2. The van der Waals surface area contributed by atoms with Crippen LogP contribution in [0.4, 0.5) is 0 Å². The molecule has 114 valence electrons. The molecule has 1 aromatic carbocycles. The maximum Gasteiger partial charge on any atom is 0.253 e. The number of nitrogens with zero attached hydrogens (tertiary/aromatic N) is 2. The van der Waals surface area contributed by atoms with Crippen LogP contribution in [0.2, 0.25) is 0 Å². The Kier molecular flexibility index (Phi) is 4.99. The first kappa shape index (κ1) is 15.5. The molecule has 0 aromatic heterocycles. The molecule has 1 aromatic rings. The van der Waals surface area contributed by atoms with E-state index < -0.39 is 0 Å². The third-order valence-electron chi connectivity index (χ3n) is 3.89. The van der Waals surface area contributed by atoms with Crippen LogP contribution in [-0.4, -0.2) is 47.8 Å². The summed E-state index contributed by atoms with van der Waals surface area (Å²) in [5.41, 5.74) is 1.88. The lowest BCUT2D eigenvalue weighted by Gasteiger charge is -2.23. The van der Waals surface area contributed by atoms with E-state index in [1.54, 1.807) is 0 Å². The molecule has 1 aliphatic rings. The summed E-state index contributed by atoms with van der Waals surface area (Å²) in [6, 6.07) is 7.67. The maximum atomic E-state index is 12.5. The predicted octanol–water partition coefficient (Wildman–Crippen LogP) is 2.33. The smallest absolute Gasteiger partial charge is 0.253 e. The zero-order valence-electron chi connectivity index (χ0n) is 13.1. The van der Waals surface area contributed by atoms with E-state index in [1.165, 1.54) is 0 Å². The van der Waals surface area contributed by atoms with Gasteiger partial charge in [-0.1, -0.05) is 31.5 Å². The lowest BCUT2D eigenvalue weighted by atomic mass is 10.1. The fraction of sp³-hybridized carbons (Fsp3) is 0.529. The zero-order chi connectivity index (χ0) is 15.4. The summed E-state index contributed by atoms with van der Waals surface area (Å²) in [5.74, 6) is 0.262. The summed E-state index contributed by atoms with van der Waals surface area (Å²) < 4.78 is 0. The molecule has 0 radical (unpaired) electrons. The normalized spacial score (nSPS) is 16.0. The Hall–Kier alpha value is -1.84. The topological polar surface area (TPSA) is 40.6 Å². The molecule has 0 N–H and O–H groups in total. The largest absolute Gasteiger partial charge is 0.341 e. The second-order valence-electron chi connectivity index (χ2n) is 5.99. The molecule has 1 heterocycles. The van der Waals surface area contributed by atoms with Gasteiger partial charge in [0.15, 0.2) is 0 Å². The van der Waals surface area contributed by atoms with Gasteiger partial charge in [-0.15, -0.1) is 0 Å². The first-order valence-corrected chi connectivity index (χ1v) is 7.64. The van der Waals surface area contributed by atoms with E-state index in [4.69, 9.17) is 0 Å². The van der Waals surface area contributed by atoms with E-state index >= 15 is 0 Å². The number of rotatable bonds is 2. The Bertz CT molecular complexity index is 508. The van der Waals surface area contributed by atoms with E-state index in [2.05, 4.69) is 0 Å². The first-order chi connectivity index (χ1) is 9.99. The molecule has 4 nitrogen and oxygen atoms in total. The Labute approximate surface area is 126 Å². The van der Waals surface area contributed by atoms with E-state index in [-0.39, 0.29) is 17.7 Å². The van der Waals surface area contributed by atoms with Crippen LogP contribution in [0.5, 0.6) is 0 Å². The number of carbonyl (C=O) groups is 2. The van der Waals surface area contributed by atoms with E-state index in [0.717, 1.165) is 24.1 Å². The summed E-state index contributed by atoms with van der Waals surface area (Å²) in [7, 11) is 0. The number of hydrogen-bond donors (Lipinski definition) is 0. The molecule has 0 saturated carbocycles. The SMILES string of the molecule is Cc1ccc(C(=O)N2CCCN(C(=O)C(C)C)CC2)cc1. The van der Waals surface area contributed by atoms with Crippen LogP contribution in [-0.2, 0) is 4.79 Å². The molecular weight excluding hydrogens is 264 g/mol. The van der Waals surface area contributed by atoms with Gasteiger partial charge in [0.25, 0.3) is 5.91 Å². The van der Waals surface area contributed by atoms with E-state index in [9.17, 15) is 9.59 Å². The van der Waals surface area contributed by atoms with Gasteiger partial charge in [0.05, 0.1) is 0 Å². The molecule has 0 unspecified atom stereocenters. The molecule has 0 bridgehead atoms. The third-order valence-corrected chi connectivity index (χ3v) is 3.89. The lowest BCUT2D eigenvalue weighted by Crippen LogP contribution is -2.38. The fourth-order valence-electron chi connectivity index (χ4n) is 2.58. The zero-order valence-corrected chi connectivity index (χ0v) is 13.1. The van der Waals surface area contributed by atoms with Gasteiger partial charge in [0.1, 0.15) is 0 Å². The van der Waals surface area contributed by atoms with Gasteiger partial charge < -0.3 is 9.80 Å². The molecule has 2 rings (SSSR count). The van der Waals surface area contributed by atoms with Crippen LogP contribution >= 0.6 is 0 Å². The van der Waals surface area contributed by atoms with Crippen molar-refractivity contribution in [1.29, 1.82) is 0 Å². The highest BCUT2D eigenvalue weighted by atomic mass is 16.2. The van der Waals surface area contributed by atoms with Crippen molar-refractivity contribution in [2.75, 3.05) is 26.2 Å². The van der Waals surface area contributed by atoms with Crippen LogP contribution in [0.15, 0.2) is 24.3 Å². The average molecular weight is 288 g/mol. The Morgan fingerprint density at radius 3 is 2.14 bits per heavy atom. The quantitative estimate of drug-likeness (QED) is 0.838. The standard InChI is InChI=1S/C17H24N2O2/c1-13(2)16(20)18-9-4-10-19(12-11-18)17(21)15-7-5-14(3)6-8-15/h5-8,13H,4,9-12H2,1-3H3. The van der Waals surface area contributed by atoms with Crippen molar-refractivity contribution in [3.63, 3.8) is 0 Å². The van der Waals surface area contributed by atoms with Gasteiger partial charge in [0, 0.05) is 37.7 Å². The molecular formula is C17H24N2O2. The average Bonchev–Trinajstić information content (AvgIpc) is 2.72. The molecule has 1 aliphatic heterocycles. The summed E-state index contributed by atoms with van der Waals surface area (Å²) in [5, 5.41) is 0. The van der Waals surface area contributed by atoms with Crippen molar-refractivity contribution >= 4 is 11.8 Å². The van der Waals surface area contributed by atoms with Crippen molar-refractivity contribution in [3.05, 3.63) is 35.4 Å². The summed E-state index contributed by atoms with van der Waals surface area (Å²) in [6.07, 6.45) is 0.843. The molecule has 21 heavy (non-hydrogen) atoms. The van der Waals surface area contributed by atoms with Crippen molar-refractivity contribution in [1.82, 2.24) is 9.80 Å². The molecule has 4 heteroatoms. The van der Waals surface area contributed by atoms with Gasteiger partial charge in [0.2, 0.25) is 5.91 Å². The van der Waals surface area contributed by atoms with Crippen LogP contribution in [0.25, 0.3) is 0 Å². The number of benzene rings is 1. The van der Waals surface area contributed by atoms with Gasteiger partial charge in [-0.3, -0.25) is 9.59 Å². The van der Waals surface area contributed by atoms with Crippen molar-refractivity contribution in [2.24, 2.45) is 5.92 Å². The Morgan fingerprint density at radius 1 is 0.952 bits per heavy atom. The number of amides is 2. The van der Waals surface area contributed by atoms with Crippen LogP contribution < -0.4 is 0 Å². The minimum Gasteiger partial charge on any atom is -0.341 e. The first-order valence-electron chi connectivity index (χ1n) is 7.64. The minimum absolute atomic E-state index is 0.0179. The molecule has 0 aliphatic carbocycles. The predicted molar refractivity (Wildman–Crippen MR) is 83.1 cm³/mol. The van der Waals surface area contributed by atoms with Crippen LogP contribution in [0, 0.1) is 12.8 Å². The van der Waals surface area contributed by atoms with Gasteiger partial charge in [-0.05, 0) is 25.5 Å². The number of hydrogen-bond acceptors (Lipinski definition) is 2. The second-order valence-corrected chi connectivity index (χ2v) is 5.99. The van der Waals surface area contributed by atoms with Crippen LogP contribution in [0.1, 0.15) is 36.2 Å². The summed E-state index contributed by atoms with van der Waals surface area (Å²) in [6.45, 7) is 8.56. The maximum absolute atomic E-state index is 12.5. The molecule has 0 atom stereocenters. The van der Waals surface area contributed by atoms with Crippen molar-refractivity contribution in [2.45, 2.75) is 27.2 Å². The molecule has 1 saturated heterocycles. The monoisotopic (exact) mass is 288 g/mol. The molecule has 2 amide bonds. The van der Waals surface area contributed by atoms with E-state index in [1.807, 2.05) is 54.8 Å². The van der Waals surface area contributed by atoms with Crippen molar-refractivity contribution in [3.8, 4) is 0 Å². The van der Waals surface area contributed by atoms with Gasteiger partial charge in [-0.25, -0.2) is 0 Å².